The summed E-state index contributed by atoms with van der Waals surface area (Å²) < 4.78 is 18.0. The zero-order valence-corrected chi connectivity index (χ0v) is 38.2. The molecular formula is C53H82O3. The van der Waals surface area contributed by atoms with Crippen molar-refractivity contribution in [1.82, 2.24) is 0 Å². The van der Waals surface area contributed by atoms with Crippen LogP contribution in [0.1, 0.15) is 173 Å². The zero-order chi connectivity index (χ0) is 41.7. The highest BCUT2D eigenvalue weighted by atomic mass is 16.7. The summed E-state index contributed by atoms with van der Waals surface area (Å²) in [5, 5.41) is 0. The van der Waals surface area contributed by atoms with Crippen molar-refractivity contribution in [3.8, 4) is 0 Å². The summed E-state index contributed by atoms with van der Waals surface area (Å²) in [5.74, 6) is 1.80. The van der Waals surface area contributed by atoms with Crippen molar-refractivity contribution in [2.75, 3.05) is 20.0 Å². The number of hydrogen-bond donors (Lipinski definition) is 0. The van der Waals surface area contributed by atoms with E-state index >= 15 is 0 Å². The molecule has 0 aliphatic heterocycles. The molecule has 0 aromatic carbocycles. The van der Waals surface area contributed by atoms with Crippen LogP contribution < -0.4 is 0 Å². The van der Waals surface area contributed by atoms with E-state index < -0.39 is 0 Å². The summed E-state index contributed by atoms with van der Waals surface area (Å²) in [6.07, 6.45) is 38.1. The Hall–Kier alpha value is -3.56. The van der Waals surface area contributed by atoms with Crippen LogP contribution in [0.3, 0.4) is 0 Å². The maximum absolute atomic E-state index is 6.26. The maximum Gasteiger partial charge on any atom is 0.188 e. The Kier molecular flexibility index (Phi) is 27.5. The van der Waals surface area contributed by atoms with E-state index in [-0.39, 0.29) is 6.79 Å². The van der Waals surface area contributed by atoms with Crippen molar-refractivity contribution < 1.29 is 14.2 Å². The Labute approximate surface area is 346 Å². The fraction of sp³-hybridized carbons (Fsp3) is 0.547. The molecule has 0 bridgehead atoms. The van der Waals surface area contributed by atoms with Crippen LogP contribution in [0.25, 0.3) is 0 Å². The van der Waals surface area contributed by atoms with Crippen molar-refractivity contribution in [3.05, 3.63) is 140 Å². The van der Waals surface area contributed by atoms with E-state index in [2.05, 4.69) is 124 Å². The molecule has 0 aromatic heterocycles. The molecule has 1 rings (SSSR count). The molecule has 0 amide bonds. The third-order valence-corrected chi connectivity index (χ3v) is 10.4. The minimum absolute atomic E-state index is 0.242. The van der Waals surface area contributed by atoms with Crippen molar-refractivity contribution in [2.24, 2.45) is 0 Å². The van der Waals surface area contributed by atoms with Crippen LogP contribution >= 0.6 is 0 Å². The minimum atomic E-state index is 0.242. The second kappa shape index (κ2) is 30.6. The molecule has 1 aliphatic carbocycles. The smallest absolute Gasteiger partial charge is 0.188 e. The highest BCUT2D eigenvalue weighted by Gasteiger charge is 2.24. The fourth-order valence-electron chi connectivity index (χ4n) is 6.58. The Balaban J connectivity index is 2.63. The van der Waals surface area contributed by atoms with Crippen molar-refractivity contribution >= 4 is 0 Å². The first-order chi connectivity index (χ1) is 26.8. The molecule has 0 saturated heterocycles. The summed E-state index contributed by atoms with van der Waals surface area (Å²) in [4.78, 5) is 0. The number of allylic oxidation sites excluding steroid dienone is 21. The van der Waals surface area contributed by atoms with Gasteiger partial charge in [0.25, 0.3) is 0 Å². The SMILES string of the molecule is C=C1C(OCC)=C(C/C=C(\C)CC/C=C(\C)CC/C=C(\C)CC/C=C(\C)CC/C=C(\C)CC/C=C(\C)CCC=C(C)C)C(C)=C(OCOCC)C/C1=C/C=C\C. The topological polar surface area (TPSA) is 27.7 Å². The average molecular weight is 767 g/mol. The second-order valence-electron chi connectivity index (χ2n) is 15.9. The lowest BCUT2D eigenvalue weighted by atomic mass is 9.97. The molecule has 3 nitrogen and oxygen atoms in total. The predicted octanol–water partition coefficient (Wildman–Crippen LogP) is 16.7. The van der Waals surface area contributed by atoms with Gasteiger partial charge in [-0.05, 0) is 178 Å². The monoisotopic (exact) mass is 767 g/mol. The van der Waals surface area contributed by atoms with Crippen LogP contribution in [-0.2, 0) is 14.2 Å². The standard InChI is InChI=1S/C53H82O3/c1-14-17-36-50-39-52(56-40-54-15-2)49(13)51(53(48(50)12)55-16-3)38-37-47(11)35-23-34-46(10)33-22-32-45(9)31-21-30-44(8)29-20-28-43(7)27-19-26-42(6)25-18-24-41(4)5/h14,17,24,26,28,30,32,34,36-37H,12,15-16,18-23,25,27,29,31,33,35,38-40H2,1-11,13H3/b17-14-,42-26+,43-28+,44-30+,45-32+,46-34+,47-37+,50-36-. The summed E-state index contributed by atoms with van der Waals surface area (Å²) in [6.45, 7) is 32.1. The number of hydrogen-bond acceptors (Lipinski definition) is 3. The lowest BCUT2D eigenvalue weighted by molar-refractivity contribution is -0.0198. The van der Waals surface area contributed by atoms with E-state index in [0.29, 0.717) is 19.6 Å². The maximum atomic E-state index is 6.26. The van der Waals surface area contributed by atoms with Gasteiger partial charge in [0.1, 0.15) is 11.5 Å². The lowest BCUT2D eigenvalue weighted by Gasteiger charge is -2.16. The van der Waals surface area contributed by atoms with Gasteiger partial charge in [-0.3, -0.25) is 0 Å². The van der Waals surface area contributed by atoms with Crippen molar-refractivity contribution in [1.29, 1.82) is 0 Å². The van der Waals surface area contributed by atoms with E-state index in [1.54, 1.807) is 0 Å². The van der Waals surface area contributed by atoms with Gasteiger partial charge in [0.2, 0.25) is 0 Å². The van der Waals surface area contributed by atoms with Gasteiger partial charge in [0.15, 0.2) is 6.79 Å². The first-order valence-electron chi connectivity index (χ1n) is 21.7. The predicted molar refractivity (Wildman–Crippen MR) is 248 cm³/mol. The quantitative estimate of drug-likeness (QED) is 0.0473. The Morgan fingerprint density at radius 2 is 1.02 bits per heavy atom. The summed E-state index contributed by atoms with van der Waals surface area (Å²) in [7, 11) is 0. The van der Waals surface area contributed by atoms with Crippen molar-refractivity contribution in [2.45, 2.75) is 173 Å². The summed E-state index contributed by atoms with van der Waals surface area (Å²) >= 11 is 0. The van der Waals surface area contributed by atoms with Gasteiger partial charge in [-0.2, -0.15) is 0 Å². The highest BCUT2D eigenvalue weighted by molar-refractivity contribution is 5.55. The molecular weight excluding hydrogens is 685 g/mol. The fourth-order valence-corrected chi connectivity index (χ4v) is 6.58. The highest BCUT2D eigenvalue weighted by Crippen LogP contribution is 2.38. The van der Waals surface area contributed by atoms with Gasteiger partial charge < -0.3 is 14.2 Å². The van der Waals surface area contributed by atoms with Gasteiger partial charge >= 0.3 is 0 Å². The van der Waals surface area contributed by atoms with E-state index in [4.69, 9.17) is 14.2 Å². The van der Waals surface area contributed by atoms with E-state index in [0.717, 1.165) is 104 Å². The molecule has 0 aromatic rings. The van der Waals surface area contributed by atoms with Crippen LogP contribution in [0.5, 0.6) is 0 Å². The van der Waals surface area contributed by atoms with Crippen LogP contribution in [0.4, 0.5) is 0 Å². The summed E-state index contributed by atoms with van der Waals surface area (Å²) in [6, 6.07) is 0. The average Bonchev–Trinajstić information content (AvgIpc) is 3.23. The normalized spacial score (nSPS) is 16.4. The molecule has 56 heavy (non-hydrogen) atoms. The molecule has 3 heteroatoms. The van der Waals surface area contributed by atoms with Crippen LogP contribution in [0, 0.1) is 0 Å². The molecule has 312 valence electrons. The van der Waals surface area contributed by atoms with Crippen LogP contribution in [0.2, 0.25) is 0 Å². The van der Waals surface area contributed by atoms with Crippen molar-refractivity contribution in [3.63, 3.8) is 0 Å². The molecule has 0 N–H and O–H groups in total. The Bertz CT molecular complexity index is 1550. The molecule has 0 atom stereocenters. The Morgan fingerprint density at radius 1 is 0.589 bits per heavy atom. The summed E-state index contributed by atoms with van der Waals surface area (Å²) in [5.41, 5.74) is 14.6. The van der Waals surface area contributed by atoms with Gasteiger partial charge in [-0.25, -0.2) is 0 Å². The Morgan fingerprint density at radius 3 is 1.41 bits per heavy atom. The first-order valence-corrected chi connectivity index (χ1v) is 21.7. The molecule has 0 fully saturated rings. The van der Waals surface area contributed by atoms with E-state index in [1.165, 1.54) is 51.9 Å². The van der Waals surface area contributed by atoms with Gasteiger partial charge in [0, 0.05) is 24.2 Å². The third kappa shape index (κ3) is 22.9. The minimum Gasteiger partial charge on any atom is -0.493 e. The van der Waals surface area contributed by atoms with Crippen LogP contribution in [0.15, 0.2) is 140 Å². The van der Waals surface area contributed by atoms with E-state index in [1.807, 2.05) is 26.8 Å². The van der Waals surface area contributed by atoms with E-state index in [9.17, 15) is 0 Å². The van der Waals surface area contributed by atoms with Crippen LogP contribution in [-0.4, -0.2) is 20.0 Å². The molecule has 0 heterocycles. The lowest BCUT2D eigenvalue weighted by Crippen LogP contribution is -2.03. The van der Waals surface area contributed by atoms with Gasteiger partial charge in [-0.1, -0.05) is 106 Å². The second-order valence-corrected chi connectivity index (χ2v) is 15.9. The molecule has 0 saturated carbocycles. The number of rotatable bonds is 27. The molecule has 1 aliphatic rings. The molecule has 0 radical (unpaired) electrons. The van der Waals surface area contributed by atoms with Gasteiger partial charge in [0.05, 0.1) is 6.61 Å². The molecule has 0 unspecified atom stereocenters. The molecule has 0 spiro atoms. The largest absolute Gasteiger partial charge is 0.493 e. The zero-order valence-electron chi connectivity index (χ0n) is 38.2. The van der Waals surface area contributed by atoms with Gasteiger partial charge in [-0.15, -0.1) is 0 Å². The first kappa shape index (κ1) is 50.5. The number of ether oxygens (including phenoxy) is 3. The third-order valence-electron chi connectivity index (χ3n) is 10.4.